The number of hydrogen-bond donors (Lipinski definition) is 1. The largest absolute Gasteiger partial charge is 0.382 e. The van der Waals surface area contributed by atoms with Crippen LogP contribution in [-0.2, 0) is 11.2 Å². The lowest BCUT2D eigenvalue weighted by molar-refractivity contribution is 0.0513. The fourth-order valence-corrected chi connectivity index (χ4v) is 2.82. The van der Waals surface area contributed by atoms with Crippen LogP contribution < -0.4 is 5.32 Å². The van der Waals surface area contributed by atoms with Crippen molar-refractivity contribution < 1.29 is 4.74 Å². The van der Waals surface area contributed by atoms with Crippen molar-refractivity contribution in [3.63, 3.8) is 0 Å². The van der Waals surface area contributed by atoms with Gasteiger partial charge in [0.1, 0.15) is 0 Å². The topological polar surface area (TPSA) is 21.3 Å². The molecule has 0 aliphatic carbocycles. The second-order valence-electron chi connectivity index (χ2n) is 5.10. The third-order valence-corrected chi connectivity index (χ3v) is 4.25. The first-order valence-electron chi connectivity index (χ1n) is 6.94. The van der Waals surface area contributed by atoms with E-state index in [4.69, 9.17) is 16.3 Å². The minimum Gasteiger partial charge on any atom is -0.382 e. The Bertz CT molecular complexity index is 612. The molecular formula is C17H18ClNO. The van der Waals surface area contributed by atoms with Gasteiger partial charge in [-0.25, -0.2) is 0 Å². The predicted octanol–water partition coefficient (Wildman–Crippen LogP) is 4.37. The lowest BCUT2D eigenvalue weighted by atomic mass is 9.97. The zero-order valence-corrected chi connectivity index (χ0v) is 12.3. The third kappa shape index (κ3) is 2.67. The van der Waals surface area contributed by atoms with Gasteiger partial charge in [-0.2, -0.15) is 0 Å². The van der Waals surface area contributed by atoms with E-state index in [1.54, 1.807) is 0 Å². The molecule has 0 bridgehead atoms. The summed E-state index contributed by atoms with van der Waals surface area (Å²) in [6.07, 6.45) is 1.11. The summed E-state index contributed by atoms with van der Waals surface area (Å²) in [5, 5.41) is 4.25. The Labute approximate surface area is 124 Å². The molecular weight excluding hydrogens is 270 g/mol. The summed E-state index contributed by atoms with van der Waals surface area (Å²) in [5.41, 5.74) is 4.85. The van der Waals surface area contributed by atoms with Gasteiger partial charge in [-0.05, 0) is 42.2 Å². The van der Waals surface area contributed by atoms with Gasteiger partial charge in [0.2, 0.25) is 0 Å². The van der Waals surface area contributed by atoms with Crippen LogP contribution in [0.25, 0.3) is 0 Å². The highest BCUT2D eigenvalue weighted by Gasteiger charge is 2.20. The number of hydrogen-bond acceptors (Lipinski definition) is 2. The Morgan fingerprint density at radius 3 is 2.95 bits per heavy atom. The quantitative estimate of drug-likeness (QED) is 0.905. The molecule has 104 valence electrons. The Hall–Kier alpha value is -1.51. The van der Waals surface area contributed by atoms with Crippen LogP contribution >= 0.6 is 11.6 Å². The SMILES string of the molecule is Cc1c(Cl)cccc1NCC1OCCc2ccccc21. The molecule has 3 heteroatoms. The minimum absolute atomic E-state index is 0.110. The molecule has 1 aliphatic heterocycles. The van der Waals surface area contributed by atoms with Crippen molar-refractivity contribution in [2.45, 2.75) is 19.4 Å². The molecule has 1 N–H and O–H groups in total. The third-order valence-electron chi connectivity index (χ3n) is 3.84. The average molecular weight is 288 g/mol. The van der Waals surface area contributed by atoms with Crippen LogP contribution in [-0.4, -0.2) is 13.2 Å². The molecule has 1 heterocycles. The maximum absolute atomic E-state index is 6.15. The molecule has 2 nitrogen and oxygen atoms in total. The minimum atomic E-state index is 0.110. The molecule has 3 rings (SSSR count). The summed E-state index contributed by atoms with van der Waals surface area (Å²) in [6.45, 7) is 3.58. The molecule has 1 unspecified atom stereocenters. The second kappa shape index (κ2) is 5.86. The van der Waals surface area contributed by atoms with Crippen LogP contribution in [0.1, 0.15) is 22.8 Å². The van der Waals surface area contributed by atoms with E-state index in [9.17, 15) is 0 Å². The zero-order chi connectivity index (χ0) is 13.9. The van der Waals surface area contributed by atoms with Crippen LogP contribution in [0.5, 0.6) is 0 Å². The molecule has 1 aliphatic rings. The highest BCUT2D eigenvalue weighted by molar-refractivity contribution is 6.31. The first-order chi connectivity index (χ1) is 9.75. The molecule has 0 amide bonds. The first kappa shape index (κ1) is 13.5. The number of nitrogens with one attached hydrogen (secondary N) is 1. The molecule has 20 heavy (non-hydrogen) atoms. The number of halogens is 1. The predicted molar refractivity (Wildman–Crippen MR) is 83.5 cm³/mol. The summed E-state index contributed by atoms with van der Waals surface area (Å²) in [6, 6.07) is 14.4. The first-order valence-corrected chi connectivity index (χ1v) is 7.32. The van der Waals surface area contributed by atoms with Gasteiger partial charge in [0.15, 0.2) is 0 Å². The van der Waals surface area contributed by atoms with E-state index in [-0.39, 0.29) is 6.10 Å². The number of benzene rings is 2. The van der Waals surface area contributed by atoms with E-state index >= 15 is 0 Å². The summed E-state index contributed by atoms with van der Waals surface area (Å²) in [7, 11) is 0. The highest BCUT2D eigenvalue weighted by atomic mass is 35.5. The molecule has 2 aromatic carbocycles. The van der Waals surface area contributed by atoms with Crippen LogP contribution in [0.2, 0.25) is 5.02 Å². The van der Waals surface area contributed by atoms with Gasteiger partial charge in [0.25, 0.3) is 0 Å². The average Bonchev–Trinajstić information content (AvgIpc) is 2.49. The molecule has 2 aromatic rings. The van der Waals surface area contributed by atoms with Gasteiger partial charge < -0.3 is 10.1 Å². The normalized spacial score (nSPS) is 17.6. The monoisotopic (exact) mass is 287 g/mol. The maximum Gasteiger partial charge on any atom is 0.0999 e. The molecule has 0 fully saturated rings. The van der Waals surface area contributed by atoms with Gasteiger partial charge >= 0.3 is 0 Å². The Kier molecular flexibility index (Phi) is 3.95. The van der Waals surface area contributed by atoms with Crippen molar-refractivity contribution in [2.75, 3.05) is 18.5 Å². The number of ether oxygens (including phenoxy) is 1. The smallest absolute Gasteiger partial charge is 0.0999 e. The molecule has 0 spiro atoms. The standard InChI is InChI=1S/C17H18ClNO/c1-12-15(18)7-4-8-16(12)19-11-17-14-6-3-2-5-13(14)9-10-20-17/h2-8,17,19H,9-11H2,1H3. The molecule has 0 radical (unpaired) electrons. The van der Waals surface area contributed by atoms with E-state index in [1.165, 1.54) is 11.1 Å². The lowest BCUT2D eigenvalue weighted by Crippen LogP contribution is -2.22. The van der Waals surface area contributed by atoms with Crippen molar-refractivity contribution in [1.82, 2.24) is 0 Å². The Morgan fingerprint density at radius 1 is 1.20 bits per heavy atom. The van der Waals surface area contributed by atoms with E-state index in [0.717, 1.165) is 35.8 Å². The van der Waals surface area contributed by atoms with Crippen molar-refractivity contribution in [3.05, 3.63) is 64.2 Å². The van der Waals surface area contributed by atoms with Crippen molar-refractivity contribution >= 4 is 17.3 Å². The van der Waals surface area contributed by atoms with Gasteiger partial charge in [0, 0.05) is 17.3 Å². The van der Waals surface area contributed by atoms with Gasteiger partial charge in [-0.3, -0.25) is 0 Å². The highest BCUT2D eigenvalue weighted by Crippen LogP contribution is 2.28. The van der Waals surface area contributed by atoms with Gasteiger partial charge in [-0.15, -0.1) is 0 Å². The fourth-order valence-electron chi connectivity index (χ4n) is 2.65. The number of fused-ring (bicyclic) bond motifs is 1. The molecule has 0 aromatic heterocycles. The van der Waals surface area contributed by atoms with Crippen molar-refractivity contribution in [1.29, 1.82) is 0 Å². The van der Waals surface area contributed by atoms with Crippen LogP contribution in [0.4, 0.5) is 5.69 Å². The van der Waals surface area contributed by atoms with E-state index in [2.05, 4.69) is 35.6 Å². The van der Waals surface area contributed by atoms with Gasteiger partial charge in [-0.1, -0.05) is 41.9 Å². The Balaban J connectivity index is 1.75. The summed E-state index contributed by atoms with van der Waals surface area (Å²) >= 11 is 6.15. The maximum atomic E-state index is 6.15. The van der Waals surface area contributed by atoms with E-state index < -0.39 is 0 Å². The second-order valence-corrected chi connectivity index (χ2v) is 5.51. The molecule has 0 saturated heterocycles. The zero-order valence-electron chi connectivity index (χ0n) is 11.5. The fraction of sp³-hybridized carbons (Fsp3) is 0.294. The lowest BCUT2D eigenvalue weighted by Gasteiger charge is -2.27. The Morgan fingerprint density at radius 2 is 2.05 bits per heavy atom. The van der Waals surface area contributed by atoms with Crippen molar-refractivity contribution in [3.8, 4) is 0 Å². The van der Waals surface area contributed by atoms with Gasteiger partial charge in [0.05, 0.1) is 12.7 Å². The number of anilines is 1. The van der Waals surface area contributed by atoms with Crippen LogP contribution in [0, 0.1) is 6.92 Å². The summed E-state index contributed by atoms with van der Waals surface area (Å²) in [5.74, 6) is 0. The van der Waals surface area contributed by atoms with E-state index in [0.29, 0.717) is 0 Å². The number of rotatable bonds is 3. The van der Waals surface area contributed by atoms with Crippen LogP contribution in [0.3, 0.4) is 0 Å². The van der Waals surface area contributed by atoms with Crippen LogP contribution in [0.15, 0.2) is 42.5 Å². The summed E-state index contributed by atoms with van der Waals surface area (Å²) < 4.78 is 5.90. The summed E-state index contributed by atoms with van der Waals surface area (Å²) in [4.78, 5) is 0. The molecule has 0 saturated carbocycles. The van der Waals surface area contributed by atoms with Crippen molar-refractivity contribution in [2.24, 2.45) is 0 Å². The van der Waals surface area contributed by atoms with E-state index in [1.807, 2.05) is 19.1 Å². The molecule has 1 atom stereocenters.